The van der Waals surface area contributed by atoms with Crippen LogP contribution in [0, 0.1) is 0 Å². The summed E-state index contributed by atoms with van der Waals surface area (Å²) in [6, 6.07) is 7.63. The first-order valence-corrected chi connectivity index (χ1v) is 4.67. The maximum absolute atomic E-state index is 9.54. The molecule has 13 heavy (non-hydrogen) atoms. The molecule has 4 heteroatoms. The van der Waals surface area contributed by atoms with E-state index in [0.717, 1.165) is 10.0 Å². The molecule has 3 N–H and O–H groups in total. The molecule has 1 atom stereocenters. The van der Waals surface area contributed by atoms with E-state index in [2.05, 4.69) is 15.9 Å². The average molecular weight is 267 g/mol. The Morgan fingerprint density at radius 2 is 2.15 bits per heavy atom. The van der Waals surface area contributed by atoms with Crippen molar-refractivity contribution in [3.63, 3.8) is 0 Å². The van der Waals surface area contributed by atoms with Gasteiger partial charge in [-0.1, -0.05) is 28.1 Å². The Morgan fingerprint density at radius 3 is 2.69 bits per heavy atom. The summed E-state index contributed by atoms with van der Waals surface area (Å²) < 4.78 is 0.982. The standard InChI is InChI=1S/C9H12BrNO.ClH/c10-8-3-1-2-7(6-8)9(12)4-5-11;/h1-3,6,9,12H,4-5,11H2;1H/t9-;/m1./s1. The SMILES string of the molecule is Cl.NCC[C@@H](O)c1cccc(Br)c1. The Morgan fingerprint density at radius 1 is 1.46 bits per heavy atom. The molecular formula is C9H13BrClNO. The van der Waals surface area contributed by atoms with Crippen molar-refractivity contribution in [2.75, 3.05) is 6.54 Å². The zero-order valence-electron chi connectivity index (χ0n) is 7.11. The molecule has 0 radical (unpaired) electrons. The van der Waals surface area contributed by atoms with Crippen LogP contribution in [0.1, 0.15) is 18.1 Å². The highest BCUT2D eigenvalue weighted by atomic mass is 79.9. The number of hydrogen-bond acceptors (Lipinski definition) is 2. The second kappa shape index (κ2) is 6.38. The summed E-state index contributed by atoms with van der Waals surface area (Å²) in [6.07, 6.45) is 0.170. The van der Waals surface area contributed by atoms with Crippen molar-refractivity contribution < 1.29 is 5.11 Å². The molecule has 1 aromatic rings. The molecule has 1 rings (SSSR count). The van der Waals surface area contributed by atoms with Crippen molar-refractivity contribution in [2.45, 2.75) is 12.5 Å². The second-order valence-corrected chi connectivity index (χ2v) is 3.56. The van der Waals surface area contributed by atoms with Crippen LogP contribution < -0.4 is 5.73 Å². The van der Waals surface area contributed by atoms with Gasteiger partial charge in [-0.2, -0.15) is 0 Å². The van der Waals surface area contributed by atoms with Crippen molar-refractivity contribution in [1.29, 1.82) is 0 Å². The van der Waals surface area contributed by atoms with Crippen LogP contribution in [0.4, 0.5) is 0 Å². The van der Waals surface area contributed by atoms with Crippen LogP contribution in [0.15, 0.2) is 28.7 Å². The van der Waals surface area contributed by atoms with Crippen LogP contribution >= 0.6 is 28.3 Å². The lowest BCUT2D eigenvalue weighted by Gasteiger charge is -2.09. The molecule has 0 fully saturated rings. The summed E-state index contributed by atoms with van der Waals surface area (Å²) in [4.78, 5) is 0. The third-order valence-corrected chi connectivity index (χ3v) is 2.17. The fourth-order valence-corrected chi connectivity index (χ4v) is 1.46. The normalized spacial score (nSPS) is 11.9. The first-order chi connectivity index (χ1) is 5.74. The van der Waals surface area contributed by atoms with Gasteiger partial charge < -0.3 is 10.8 Å². The van der Waals surface area contributed by atoms with Gasteiger partial charge in [-0.3, -0.25) is 0 Å². The van der Waals surface area contributed by atoms with Crippen molar-refractivity contribution in [2.24, 2.45) is 5.73 Å². The van der Waals surface area contributed by atoms with E-state index in [4.69, 9.17) is 5.73 Å². The number of nitrogens with two attached hydrogens (primary N) is 1. The third-order valence-electron chi connectivity index (χ3n) is 1.67. The summed E-state index contributed by atoms with van der Waals surface area (Å²) >= 11 is 3.34. The first kappa shape index (κ1) is 12.9. The number of hydrogen-bond donors (Lipinski definition) is 2. The van der Waals surface area contributed by atoms with Gasteiger partial charge in [-0.15, -0.1) is 12.4 Å². The van der Waals surface area contributed by atoms with E-state index in [1.165, 1.54) is 0 Å². The lowest BCUT2D eigenvalue weighted by Crippen LogP contribution is -2.06. The molecule has 0 spiro atoms. The molecule has 0 aliphatic carbocycles. The van der Waals surface area contributed by atoms with Crippen LogP contribution in [0.5, 0.6) is 0 Å². The van der Waals surface area contributed by atoms with E-state index >= 15 is 0 Å². The Kier molecular flexibility index (Phi) is 6.33. The zero-order valence-corrected chi connectivity index (χ0v) is 9.51. The largest absolute Gasteiger partial charge is 0.388 e. The molecule has 0 saturated heterocycles. The molecule has 0 heterocycles. The van der Waals surface area contributed by atoms with Gasteiger partial charge in [0.2, 0.25) is 0 Å². The molecule has 1 aromatic carbocycles. The predicted octanol–water partition coefficient (Wildman–Crippen LogP) is 2.25. The number of aliphatic hydroxyl groups is 1. The summed E-state index contributed by atoms with van der Waals surface area (Å²) in [5.74, 6) is 0. The molecule has 0 aliphatic rings. The summed E-state index contributed by atoms with van der Waals surface area (Å²) in [5, 5.41) is 9.54. The average Bonchev–Trinajstić information content (AvgIpc) is 2.05. The van der Waals surface area contributed by atoms with Crippen LogP contribution in [0.25, 0.3) is 0 Å². The summed E-state index contributed by atoms with van der Waals surface area (Å²) in [5.41, 5.74) is 6.24. The second-order valence-electron chi connectivity index (χ2n) is 2.65. The Hall–Kier alpha value is -0.0900. The van der Waals surface area contributed by atoms with Crippen LogP contribution in [0.2, 0.25) is 0 Å². The van der Waals surface area contributed by atoms with Crippen molar-refractivity contribution in [3.05, 3.63) is 34.3 Å². The maximum Gasteiger partial charge on any atom is 0.0802 e. The molecule has 0 amide bonds. The number of benzene rings is 1. The van der Waals surface area contributed by atoms with Gasteiger partial charge >= 0.3 is 0 Å². The van der Waals surface area contributed by atoms with Crippen molar-refractivity contribution in [1.82, 2.24) is 0 Å². The van der Waals surface area contributed by atoms with Gasteiger partial charge in [-0.25, -0.2) is 0 Å². The predicted molar refractivity (Wildman–Crippen MR) is 60.0 cm³/mol. The van der Waals surface area contributed by atoms with Gasteiger partial charge in [0.1, 0.15) is 0 Å². The molecule has 0 aliphatic heterocycles. The van der Waals surface area contributed by atoms with Gasteiger partial charge in [0.05, 0.1) is 6.10 Å². The number of rotatable bonds is 3. The fourth-order valence-electron chi connectivity index (χ4n) is 1.04. The lowest BCUT2D eigenvalue weighted by molar-refractivity contribution is 0.170. The topological polar surface area (TPSA) is 46.2 Å². The van der Waals surface area contributed by atoms with E-state index in [1.54, 1.807) is 0 Å². The molecule has 0 unspecified atom stereocenters. The molecule has 0 aromatic heterocycles. The monoisotopic (exact) mass is 265 g/mol. The van der Waals surface area contributed by atoms with Crippen LogP contribution in [-0.2, 0) is 0 Å². The quantitative estimate of drug-likeness (QED) is 0.881. The Bertz CT molecular complexity index is 257. The van der Waals surface area contributed by atoms with Gasteiger partial charge in [0.15, 0.2) is 0 Å². The minimum atomic E-state index is -0.438. The fraction of sp³-hybridized carbons (Fsp3) is 0.333. The molecule has 0 bridgehead atoms. The highest BCUT2D eigenvalue weighted by Gasteiger charge is 2.05. The molecular weight excluding hydrogens is 253 g/mol. The number of halogens is 2. The Labute approximate surface area is 92.7 Å². The van der Waals surface area contributed by atoms with E-state index in [9.17, 15) is 5.11 Å². The smallest absolute Gasteiger partial charge is 0.0802 e. The zero-order chi connectivity index (χ0) is 8.97. The Balaban J connectivity index is 0.00000144. The van der Waals surface area contributed by atoms with Crippen molar-refractivity contribution in [3.8, 4) is 0 Å². The first-order valence-electron chi connectivity index (χ1n) is 3.87. The summed E-state index contributed by atoms with van der Waals surface area (Å²) in [6.45, 7) is 0.508. The number of aliphatic hydroxyl groups excluding tert-OH is 1. The maximum atomic E-state index is 9.54. The highest BCUT2D eigenvalue weighted by molar-refractivity contribution is 9.10. The third kappa shape index (κ3) is 4.09. The minimum absolute atomic E-state index is 0. The van der Waals surface area contributed by atoms with Crippen LogP contribution in [-0.4, -0.2) is 11.7 Å². The van der Waals surface area contributed by atoms with E-state index in [1.807, 2.05) is 24.3 Å². The molecule has 0 saturated carbocycles. The van der Waals surface area contributed by atoms with Gasteiger partial charge in [0, 0.05) is 4.47 Å². The van der Waals surface area contributed by atoms with Crippen molar-refractivity contribution >= 4 is 28.3 Å². The summed E-state index contributed by atoms with van der Waals surface area (Å²) in [7, 11) is 0. The van der Waals surface area contributed by atoms with E-state index in [-0.39, 0.29) is 12.4 Å². The molecule has 2 nitrogen and oxygen atoms in total. The van der Waals surface area contributed by atoms with Gasteiger partial charge in [0.25, 0.3) is 0 Å². The van der Waals surface area contributed by atoms with E-state index in [0.29, 0.717) is 13.0 Å². The van der Waals surface area contributed by atoms with Gasteiger partial charge in [-0.05, 0) is 30.7 Å². The highest BCUT2D eigenvalue weighted by Crippen LogP contribution is 2.19. The minimum Gasteiger partial charge on any atom is -0.388 e. The molecule has 74 valence electrons. The van der Waals surface area contributed by atoms with Crippen LogP contribution in [0.3, 0.4) is 0 Å². The van der Waals surface area contributed by atoms with E-state index < -0.39 is 6.10 Å². The lowest BCUT2D eigenvalue weighted by atomic mass is 10.1.